The molecular weight excluding hydrogens is 278 g/mol. The van der Waals surface area contributed by atoms with Crippen molar-refractivity contribution >= 4 is 17.6 Å². The second kappa shape index (κ2) is 6.95. The van der Waals surface area contributed by atoms with Gasteiger partial charge >= 0.3 is 5.97 Å². The van der Waals surface area contributed by atoms with Gasteiger partial charge in [0.1, 0.15) is 12.4 Å². The van der Waals surface area contributed by atoms with E-state index in [0.29, 0.717) is 17.5 Å². The number of halogens is 1. The Morgan fingerprint density at radius 2 is 2.25 bits per heavy atom. The Kier molecular flexibility index (Phi) is 5.26. The van der Waals surface area contributed by atoms with E-state index < -0.39 is 0 Å². The predicted molar refractivity (Wildman–Crippen MR) is 78.1 cm³/mol. The molecule has 2 unspecified atom stereocenters. The first-order valence-corrected chi connectivity index (χ1v) is 7.16. The van der Waals surface area contributed by atoms with Gasteiger partial charge in [-0.1, -0.05) is 24.6 Å². The molecule has 2 atom stereocenters. The van der Waals surface area contributed by atoms with Crippen molar-refractivity contribution in [1.82, 2.24) is 4.90 Å². The number of nitrogens with zero attached hydrogens (tertiary/aromatic N) is 1. The van der Waals surface area contributed by atoms with Crippen molar-refractivity contribution < 1.29 is 14.3 Å². The first-order valence-electron chi connectivity index (χ1n) is 6.78. The lowest BCUT2D eigenvalue weighted by molar-refractivity contribution is -0.146. The molecule has 1 fully saturated rings. The van der Waals surface area contributed by atoms with E-state index in [1.54, 1.807) is 6.07 Å². The van der Waals surface area contributed by atoms with Crippen molar-refractivity contribution in [2.45, 2.75) is 6.92 Å². The van der Waals surface area contributed by atoms with Crippen molar-refractivity contribution in [1.29, 1.82) is 0 Å². The molecule has 1 saturated heterocycles. The number of hydrogen-bond acceptors (Lipinski definition) is 4. The molecule has 1 aromatic carbocycles. The van der Waals surface area contributed by atoms with Gasteiger partial charge in [0, 0.05) is 24.7 Å². The zero-order valence-electron chi connectivity index (χ0n) is 11.8. The summed E-state index contributed by atoms with van der Waals surface area (Å²) in [7, 11) is 1.44. The normalized spacial score (nSPS) is 22.8. The van der Waals surface area contributed by atoms with Gasteiger partial charge in [-0.25, -0.2) is 0 Å². The van der Waals surface area contributed by atoms with E-state index in [2.05, 4.69) is 11.8 Å². The molecule has 1 aliphatic rings. The highest BCUT2D eigenvalue weighted by Gasteiger charge is 2.35. The zero-order chi connectivity index (χ0) is 14.5. The fourth-order valence-corrected chi connectivity index (χ4v) is 2.74. The highest BCUT2D eigenvalue weighted by atomic mass is 35.5. The third-order valence-electron chi connectivity index (χ3n) is 3.66. The minimum atomic E-state index is -0.115. The highest BCUT2D eigenvalue weighted by molar-refractivity contribution is 6.30. The fraction of sp³-hybridized carbons (Fsp3) is 0.533. The van der Waals surface area contributed by atoms with Crippen molar-refractivity contribution in [3.05, 3.63) is 29.3 Å². The number of likely N-dealkylation sites (tertiary alicyclic amines) is 1. The van der Waals surface area contributed by atoms with Crippen LogP contribution in [0, 0.1) is 11.8 Å². The quantitative estimate of drug-likeness (QED) is 0.783. The molecule has 1 heterocycles. The monoisotopic (exact) mass is 297 g/mol. The molecule has 20 heavy (non-hydrogen) atoms. The summed E-state index contributed by atoms with van der Waals surface area (Å²) in [6.45, 7) is 5.11. The molecule has 1 aromatic rings. The Labute approximate surface area is 124 Å². The first-order chi connectivity index (χ1) is 9.60. The molecule has 0 spiro atoms. The summed E-state index contributed by atoms with van der Waals surface area (Å²) in [4.78, 5) is 13.8. The second-order valence-electron chi connectivity index (χ2n) is 5.17. The van der Waals surface area contributed by atoms with Crippen LogP contribution in [-0.2, 0) is 9.53 Å². The maximum absolute atomic E-state index is 11.6. The number of methoxy groups -OCH3 is 1. The van der Waals surface area contributed by atoms with Crippen molar-refractivity contribution in [2.75, 3.05) is 33.4 Å². The molecular formula is C15H20ClNO3. The molecule has 5 heteroatoms. The van der Waals surface area contributed by atoms with Crippen LogP contribution < -0.4 is 4.74 Å². The molecule has 4 nitrogen and oxygen atoms in total. The number of esters is 1. The highest BCUT2D eigenvalue weighted by Crippen LogP contribution is 2.24. The molecule has 0 bridgehead atoms. The van der Waals surface area contributed by atoms with Crippen LogP contribution in [0.25, 0.3) is 0 Å². The average Bonchev–Trinajstić information content (AvgIpc) is 2.79. The molecule has 0 saturated carbocycles. The Bertz CT molecular complexity index is 466. The molecule has 0 amide bonds. The number of benzene rings is 1. The van der Waals surface area contributed by atoms with E-state index in [0.717, 1.165) is 25.4 Å². The fourth-order valence-electron chi connectivity index (χ4n) is 2.56. The van der Waals surface area contributed by atoms with E-state index in [4.69, 9.17) is 21.1 Å². The van der Waals surface area contributed by atoms with E-state index >= 15 is 0 Å². The van der Waals surface area contributed by atoms with E-state index in [9.17, 15) is 4.79 Å². The zero-order valence-corrected chi connectivity index (χ0v) is 12.6. The third-order valence-corrected chi connectivity index (χ3v) is 3.90. The van der Waals surface area contributed by atoms with Gasteiger partial charge in [0.15, 0.2) is 0 Å². The number of rotatable bonds is 5. The van der Waals surface area contributed by atoms with Crippen LogP contribution in [0.3, 0.4) is 0 Å². The Morgan fingerprint density at radius 1 is 1.45 bits per heavy atom. The van der Waals surface area contributed by atoms with Crippen molar-refractivity contribution in [3.63, 3.8) is 0 Å². The minimum absolute atomic E-state index is 0.0221. The largest absolute Gasteiger partial charge is 0.492 e. The lowest BCUT2D eigenvalue weighted by Gasteiger charge is -2.15. The Hall–Kier alpha value is -1.26. The number of hydrogen-bond donors (Lipinski definition) is 0. The SMILES string of the molecule is COC(=O)C1CN(CCOc2cccc(Cl)c2)CC1C. The van der Waals surface area contributed by atoms with Crippen LogP contribution in [0.2, 0.25) is 5.02 Å². The van der Waals surface area contributed by atoms with Crippen LogP contribution in [0.1, 0.15) is 6.92 Å². The summed E-state index contributed by atoms with van der Waals surface area (Å²) in [6.07, 6.45) is 0. The van der Waals surface area contributed by atoms with Crippen LogP contribution in [0.4, 0.5) is 0 Å². The molecule has 0 aliphatic carbocycles. The first kappa shape index (κ1) is 15.1. The van der Waals surface area contributed by atoms with Gasteiger partial charge in [-0.2, -0.15) is 0 Å². The number of ether oxygens (including phenoxy) is 2. The molecule has 110 valence electrons. The minimum Gasteiger partial charge on any atom is -0.492 e. The average molecular weight is 298 g/mol. The summed E-state index contributed by atoms with van der Waals surface area (Å²) in [5.74, 6) is 0.963. The Morgan fingerprint density at radius 3 is 2.95 bits per heavy atom. The van der Waals surface area contributed by atoms with Crippen LogP contribution in [-0.4, -0.2) is 44.2 Å². The topological polar surface area (TPSA) is 38.8 Å². The van der Waals surface area contributed by atoms with Gasteiger partial charge in [-0.3, -0.25) is 9.69 Å². The summed E-state index contributed by atoms with van der Waals surface area (Å²) >= 11 is 5.90. The number of carbonyl (C=O) groups excluding carboxylic acids is 1. The van der Waals surface area contributed by atoms with Gasteiger partial charge < -0.3 is 9.47 Å². The van der Waals surface area contributed by atoms with Crippen LogP contribution >= 0.6 is 11.6 Å². The van der Waals surface area contributed by atoms with Crippen molar-refractivity contribution in [3.8, 4) is 5.75 Å². The summed E-state index contributed by atoms with van der Waals surface area (Å²) in [5.41, 5.74) is 0. The van der Waals surface area contributed by atoms with E-state index in [1.165, 1.54) is 7.11 Å². The second-order valence-corrected chi connectivity index (χ2v) is 5.61. The number of carbonyl (C=O) groups is 1. The summed E-state index contributed by atoms with van der Waals surface area (Å²) in [6, 6.07) is 7.36. The Balaban J connectivity index is 1.77. The standard InChI is InChI=1S/C15H20ClNO3/c1-11-9-17(10-14(11)15(18)19-2)6-7-20-13-5-3-4-12(16)8-13/h3-5,8,11,14H,6-7,9-10H2,1-2H3. The van der Waals surface area contributed by atoms with Crippen molar-refractivity contribution in [2.24, 2.45) is 11.8 Å². The summed E-state index contributed by atoms with van der Waals surface area (Å²) in [5, 5.41) is 0.669. The lowest BCUT2D eigenvalue weighted by atomic mass is 9.99. The van der Waals surface area contributed by atoms with Gasteiger partial charge in [-0.05, 0) is 24.1 Å². The molecule has 1 aliphatic heterocycles. The van der Waals surface area contributed by atoms with E-state index in [-0.39, 0.29) is 11.9 Å². The smallest absolute Gasteiger partial charge is 0.310 e. The lowest BCUT2D eigenvalue weighted by Crippen LogP contribution is -2.28. The van der Waals surface area contributed by atoms with Gasteiger partial charge in [0.2, 0.25) is 0 Å². The summed E-state index contributed by atoms with van der Waals surface area (Å²) < 4.78 is 10.5. The molecule has 2 rings (SSSR count). The van der Waals surface area contributed by atoms with Crippen LogP contribution in [0.5, 0.6) is 5.75 Å². The molecule has 0 N–H and O–H groups in total. The van der Waals surface area contributed by atoms with Crippen LogP contribution in [0.15, 0.2) is 24.3 Å². The van der Waals surface area contributed by atoms with E-state index in [1.807, 2.05) is 18.2 Å². The van der Waals surface area contributed by atoms with Gasteiger partial charge in [-0.15, -0.1) is 0 Å². The predicted octanol–water partition coefficient (Wildman–Crippen LogP) is 2.46. The third kappa shape index (κ3) is 3.87. The van der Waals surface area contributed by atoms with Gasteiger partial charge in [0.05, 0.1) is 13.0 Å². The van der Waals surface area contributed by atoms with Gasteiger partial charge in [0.25, 0.3) is 0 Å². The molecule has 0 radical (unpaired) electrons. The maximum Gasteiger partial charge on any atom is 0.310 e. The maximum atomic E-state index is 11.6. The molecule has 0 aromatic heterocycles.